The summed E-state index contributed by atoms with van der Waals surface area (Å²) < 4.78 is 57.5. The summed E-state index contributed by atoms with van der Waals surface area (Å²) >= 11 is 0. The Morgan fingerprint density at radius 2 is 1.33 bits per heavy atom. The van der Waals surface area contributed by atoms with Crippen LogP contribution >= 0.6 is 0 Å². The van der Waals surface area contributed by atoms with Crippen molar-refractivity contribution >= 4 is 10.1 Å². The zero-order valence-electron chi connectivity index (χ0n) is 3.62. The van der Waals surface area contributed by atoms with Crippen molar-refractivity contribution in [2.75, 3.05) is 0 Å². The Kier molecular flexibility index (Phi) is 4.01. The monoisotopic (exact) mass is 345 g/mol. The molecule has 0 saturated carbocycles. The van der Waals surface area contributed by atoms with E-state index >= 15 is 0 Å². The molecule has 0 saturated heterocycles. The Balaban J connectivity index is 0. The molecule has 0 aromatic rings. The van der Waals surface area contributed by atoms with Gasteiger partial charge in [0.05, 0.1) is 0 Å². The predicted octanol–water partition coefficient (Wildman–Crippen LogP) is 0.392. The third-order valence-corrected chi connectivity index (χ3v) is 0.877. The van der Waals surface area contributed by atoms with Crippen molar-refractivity contribution in [1.29, 1.82) is 0 Å². The summed E-state index contributed by atoms with van der Waals surface area (Å²) in [6.45, 7) is 0. The third kappa shape index (κ3) is 3.88. The molecular formula is CHF3O3PtS+4. The van der Waals surface area contributed by atoms with Crippen LogP contribution in [-0.2, 0) is 31.2 Å². The minimum Gasteiger partial charge on any atom is -0.279 e. The van der Waals surface area contributed by atoms with Gasteiger partial charge in [0.1, 0.15) is 0 Å². The summed E-state index contributed by atoms with van der Waals surface area (Å²) in [6.07, 6.45) is 0. The maximum Gasteiger partial charge on any atom is 4.00 e. The standard InChI is InChI=1S/CHF3O3S.Pt/c2-1(3,4)8(5,6)7;/h(H,5,6,7);/q;+4. The van der Waals surface area contributed by atoms with Crippen LogP contribution in [0.1, 0.15) is 0 Å². The van der Waals surface area contributed by atoms with E-state index in [1.54, 1.807) is 0 Å². The topological polar surface area (TPSA) is 54.4 Å². The largest absolute Gasteiger partial charge is 4.00 e. The quantitative estimate of drug-likeness (QED) is 0.511. The maximum atomic E-state index is 10.7. The molecule has 0 rings (SSSR count). The molecule has 9 heavy (non-hydrogen) atoms. The third-order valence-electron chi connectivity index (χ3n) is 0.292. The fraction of sp³-hybridized carbons (Fsp3) is 1.00. The smallest absolute Gasteiger partial charge is 0.279 e. The van der Waals surface area contributed by atoms with Gasteiger partial charge in [-0.3, -0.25) is 4.55 Å². The van der Waals surface area contributed by atoms with Crippen LogP contribution in [0.4, 0.5) is 13.2 Å². The fourth-order valence-corrected chi connectivity index (χ4v) is 0. The second kappa shape index (κ2) is 2.98. The number of hydrogen-bond donors (Lipinski definition) is 1. The zero-order valence-corrected chi connectivity index (χ0v) is 6.71. The molecule has 0 unspecified atom stereocenters. The molecule has 0 fully saturated rings. The Morgan fingerprint density at radius 3 is 1.33 bits per heavy atom. The molecule has 0 heterocycles. The first-order valence-electron chi connectivity index (χ1n) is 1.29. The molecular weight excluding hydrogens is 344 g/mol. The molecule has 0 bridgehead atoms. The van der Waals surface area contributed by atoms with Crippen molar-refractivity contribution in [3.8, 4) is 0 Å². The normalized spacial score (nSPS) is 12.4. The molecule has 8 heteroatoms. The summed E-state index contributed by atoms with van der Waals surface area (Å²) in [5.74, 6) is 0. The maximum absolute atomic E-state index is 10.7. The van der Waals surface area contributed by atoms with Crippen LogP contribution in [0.3, 0.4) is 0 Å². The van der Waals surface area contributed by atoms with Gasteiger partial charge in [0, 0.05) is 0 Å². The number of rotatable bonds is 0. The van der Waals surface area contributed by atoms with Crippen LogP contribution < -0.4 is 0 Å². The van der Waals surface area contributed by atoms with E-state index in [4.69, 9.17) is 13.0 Å². The van der Waals surface area contributed by atoms with E-state index in [1.165, 1.54) is 0 Å². The van der Waals surface area contributed by atoms with Gasteiger partial charge in [0.2, 0.25) is 0 Å². The van der Waals surface area contributed by atoms with Crippen LogP contribution in [0.2, 0.25) is 0 Å². The second-order valence-electron chi connectivity index (χ2n) is 0.921. The van der Waals surface area contributed by atoms with E-state index in [1.807, 2.05) is 0 Å². The first-order valence-corrected chi connectivity index (χ1v) is 2.73. The molecule has 0 spiro atoms. The summed E-state index contributed by atoms with van der Waals surface area (Å²) in [5, 5.41) is 0. The molecule has 0 aromatic heterocycles. The average molecular weight is 345 g/mol. The van der Waals surface area contributed by atoms with Crippen molar-refractivity contribution in [3.05, 3.63) is 0 Å². The van der Waals surface area contributed by atoms with Crippen molar-refractivity contribution in [2.45, 2.75) is 5.51 Å². The number of halogens is 3. The molecule has 0 aliphatic carbocycles. The SMILES string of the molecule is O=S(=O)(O)C(F)(F)F.[Pt+4]. The molecule has 56 valence electrons. The van der Waals surface area contributed by atoms with Gasteiger partial charge in [0.15, 0.2) is 0 Å². The second-order valence-corrected chi connectivity index (χ2v) is 2.33. The van der Waals surface area contributed by atoms with Crippen molar-refractivity contribution < 1.29 is 47.2 Å². The molecule has 3 nitrogen and oxygen atoms in total. The molecule has 0 aliphatic rings. The predicted molar refractivity (Wildman–Crippen MR) is 17.6 cm³/mol. The van der Waals surface area contributed by atoms with E-state index in [0.717, 1.165) is 0 Å². The first kappa shape index (κ1) is 12.1. The van der Waals surface area contributed by atoms with E-state index in [2.05, 4.69) is 0 Å². The minimum atomic E-state index is -5.84. The van der Waals surface area contributed by atoms with Gasteiger partial charge in [0.25, 0.3) is 0 Å². The van der Waals surface area contributed by atoms with Crippen LogP contribution in [0, 0.1) is 0 Å². The van der Waals surface area contributed by atoms with E-state index in [0.29, 0.717) is 0 Å². The molecule has 0 aliphatic heterocycles. The summed E-state index contributed by atoms with van der Waals surface area (Å²) in [7, 11) is -5.84. The van der Waals surface area contributed by atoms with Gasteiger partial charge >= 0.3 is 36.7 Å². The van der Waals surface area contributed by atoms with Crippen molar-refractivity contribution in [3.63, 3.8) is 0 Å². The van der Waals surface area contributed by atoms with Gasteiger partial charge < -0.3 is 0 Å². The minimum absolute atomic E-state index is 0. The Morgan fingerprint density at radius 1 is 1.22 bits per heavy atom. The van der Waals surface area contributed by atoms with Crippen LogP contribution in [0.25, 0.3) is 0 Å². The summed E-state index contributed by atoms with van der Waals surface area (Å²) in [4.78, 5) is 0. The molecule has 1 N–H and O–H groups in total. The van der Waals surface area contributed by atoms with Crippen LogP contribution in [0.15, 0.2) is 0 Å². The van der Waals surface area contributed by atoms with Gasteiger partial charge in [-0.2, -0.15) is 21.6 Å². The molecule has 0 amide bonds. The zero-order chi connectivity index (χ0) is 7.00. The van der Waals surface area contributed by atoms with Crippen LogP contribution in [0.5, 0.6) is 0 Å². The van der Waals surface area contributed by atoms with E-state index in [9.17, 15) is 13.2 Å². The van der Waals surface area contributed by atoms with E-state index < -0.39 is 15.6 Å². The van der Waals surface area contributed by atoms with Crippen molar-refractivity contribution in [1.82, 2.24) is 0 Å². The van der Waals surface area contributed by atoms with Gasteiger partial charge in [-0.1, -0.05) is 0 Å². The van der Waals surface area contributed by atoms with E-state index in [-0.39, 0.29) is 21.1 Å². The Hall–Kier alpha value is 0.388. The Bertz CT molecular complexity index is 168. The number of hydrogen-bond acceptors (Lipinski definition) is 2. The van der Waals surface area contributed by atoms with Crippen LogP contribution in [-0.4, -0.2) is 18.5 Å². The molecule has 0 radical (unpaired) electrons. The Labute approximate surface area is 63.3 Å². The molecule has 0 atom stereocenters. The van der Waals surface area contributed by atoms with Gasteiger partial charge in [-0.25, -0.2) is 0 Å². The summed E-state index contributed by atoms with van der Waals surface area (Å²) in [5.41, 5.74) is -5.53. The van der Waals surface area contributed by atoms with Gasteiger partial charge in [-0.15, -0.1) is 0 Å². The average Bonchev–Trinajstić information content (AvgIpc) is 1.25. The molecule has 0 aromatic carbocycles. The first-order chi connectivity index (χ1) is 3.25. The van der Waals surface area contributed by atoms with Gasteiger partial charge in [-0.05, 0) is 0 Å². The fourth-order valence-electron chi connectivity index (χ4n) is 0. The summed E-state index contributed by atoms with van der Waals surface area (Å²) in [6, 6.07) is 0. The van der Waals surface area contributed by atoms with Crippen molar-refractivity contribution in [2.24, 2.45) is 0 Å². The number of alkyl halides is 3.